The summed E-state index contributed by atoms with van der Waals surface area (Å²) >= 11 is 11.8. The summed E-state index contributed by atoms with van der Waals surface area (Å²) in [7, 11) is 0. The molecule has 0 radical (unpaired) electrons. The number of carbonyl (C=O) groups is 1. The van der Waals surface area contributed by atoms with Crippen molar-refractivity contribution < 1.29 is 4.79 Å². The molecule has 2 aromatic carbocycles. The lowest BCUT2D eigenvalue weighted by molar-refractivity contribution is 0.0872. The average Bonchev–Trinajstić information content (AvgIpc) is 2.62. The van der Waals surface area contributed by atoms with E-state index in [-0.39, 0.29) is 11.7 Å². The molecule has 0 heterocycles. The van der Waals surface area contributed by atoms with E-state index in [0.717, 1.165) is 37.7 Å². The Hall–Kier alpha value is -1.31. The molecule has 3 heteroatoms. The minimum atomic E-state index is 0.164. The normalized spacial score (nSPS) is 20.8. The highest BCUT2D eigenvalue weighted by Crippen LogP contribution is 2.33. The van der Waals surface area contributed by atoms with Gasteiger partial charge in [0, 0.05) is 22.4 Å². The van der Waals surface area contributed by atoms with E-state index in [1.54, 1.807) is 12.1 Å². The predicted octanol–water partition coefficient (Wildman–Crippen LogP) is 6.31. The first-order valence-corrected chi connectivity index (χ1v) is 9.50. The van der Waals surface area contributed by atoms with E-state index in [2.05, 4.69) is 24.3 Å². The molecule has 0 N–H and O–H groups in total. The van der Waals surface area contributed by atoms with Crippen molar-refractivity contribution in [2.75, 3.05) is 0 Å². The zero-order chi connectivity index (χ0) is 16.9. The van der Waals surface area contributed by atoms with Crippen LogP contribution < -0.4 is 0 Å². The molecular formula is C21H22Cl2O. The van der Waals surface area contributed by atoms with Gasteiger partial charge in [-0.1, -0.05) is 35.9 Å². The third kappa shape index (κ3) is 4.40. The molecule has 0 spiro atoms. The summed E-state index contributed by atoms with van der Waals surface area (Å²) < 4.78 is 0. The topological polar surface area (TPSA) is 17.1 Å². The van der Waals surface area contributed by atoms with Crippen LogP contribution in [0, 0.1) is 11.8 Å². The lowest BCUT2D eigenvalue weighted by Gasteiger charge is -2.28. The molecule has 0 aromatic heterocycles. The SMILES string of the molecule is O=C(c1ccc(Cl)cc1)C1CCC(Cc2cccc(CCl)c2)CC1. The predicted molar refractivity (Wildman–Crippen MR) is 101 cm³/mol. The van der Waals surface area contributed by atoms with Crippen molar-refractivity contribution in [3.8, 4) is 0 Å². The van der Waals surface area contributed by atoms with Gasteiger partial charge in [-0.2, -0.15) is 0 Å². The van der Waals surface area contributed by atoms with Crippen LogP contribution in [-0.4, -0.2) is 5.78 Å². The van der Waals surface area contributed by atoms with Crippen molar-refractivity contribution in [3.63, 3.8) is 0 Å². The van der Waals surface area contributed by atoms with Crippen LogP contribution in [0.5, 0.6) is 0 Å². The van der Waals surface area contributed by atoms with E-state index in [1.807, 2.05) is 12.1 Å². The number of carbonyl (C=O) groups excluding carboxylic acids is 1. The fraction of sp³-hybridized carbons (Fsp3) is 0.381. The number of benzene rings is 2. The van der Waals surface area contributed by atoms with Gasteiger partial charge in [0.2, 0.25) is 0 Å². The Kier molecular flexibility index (Phi) is 5.97. The molecule has 1 saturated carbocycles. The summed E-state index contributed by atoms with van der Waals surface area (Å²) in [6.07, 6.45) is 5.30. The van der Waals surface area contributed by atoms with Crippen LogP contribution in [0.4, 0.5) is 0 Å². The standard InChI is InChI=1S/C21H22Cl2O/c22-14-17-3-1-2-16(13-17)12-15-4-6-18(7-5-15)21(24)19-8-10-20(23)11-9-19/h1-3,8-11,13,15,18H,4-7,12,14H2. The van der Waals surface area contributed by atoms with Gasteiger partial charge in [0.05, 0.1) is 0 Å². The lowest BCUT2D eigenvalue weighted by atomic mass is 9.76. The molecule has 1 fully saturated rings. The summed E-state index contributed by atoms with van der Waals surface area (Å²) in [5.74, 6) is 1.67. The zero-order valence-electron chi connectivity index (χ0n) is 13.7. The smallest absolute Gasteiger partial charge is 0.165 e. The molecule has 2 aromatic rings. The molecule has 1 aliphatic rings. The third-order valence-electron chi connectivity index (χ3n) is 5.02. The summed E-state index contributed by atoms with van der Waals surface area (Å²) in [6.45, 7) is 0. The molecule has 1 aliphatic carbocycles. The Bertz CT molecular complexity index is 685. The van der Waals surface area contributed by atoms with Gasteiger partial charge in [-0.3, -0.25) is 4.79 Å². The Morgan fingerprint density at radius 3 is 2.29 bits per heavy atom. The Balaban J connectivity index is 1.55. The van der Waals surface area contributed by atoms with Crippen LogP contribution in [0.3, 0.4) is 0 Å². The van der Waals surface area contributed by atoms with Gasteiger partial charge in [0.15, 0.2) is 5.78 Å². The minimum Gasteiger partial charge on any atom is -0.294 e. The molecule has 24 heavy (non-hydrogen) atoms. The van der Waals surface area contributed by atoms with Crippen LogP contribution >= 0.6 is 23.2 Å². The van der Waals surface area contributed by atoms with Crippen molar-refractivity contribution in [1.82, 2.24) is 0 Å². The molecule has 0 aliphatic heterocycles. The Labute approximate surface area is 154 Å². The second kappa shape index (κ2) is 8.18. The molecule has 0 amide bonds. The second-order valence-corrected chi connectivity index (χ2v) is 7.45. The monoisotopic (exact) mass is 360 g/mol. The van der Waals surface area contributed by atoms with Crippen molar-refractivity contribution in [2.24, 2.45) is 11.8 Å². The molecule has 0 saturated heterocycles. The highest BCUT2D eigenvalue weighted by atomic mass is 35.5. The summed E-state index contributed by atoms with van der Waals surface area (Å²) in [5.41, 5.74) is 3.33. The van der Waals surface area contributed by atoms with Gasteiger partial charge in [-0.25, -0.2) is 0 Å². The van der Waals surface area contributed by atoms with E-state index in [0.29, 0.717) is 16.8 Å². The van der Waals surface area contributed by atoms with Gasteiger partial charge >= 0.3 is 0 Å². The third-order valence-corrected chi connectivity index (χ3v) is 5.58. The van der Waals surface area contributed by atoms with Crippen molar-refractivity contribution >= 4 is 29.0 Å². The lowest BCUT2D eigenvalue weighted by Crippen LogP contribution is -2.23. The molecule has 126 valence electrons. The number of alkyl halides is 1. The number of ketones is 1. The first-order chi connectivity index (χ1) is 11.7. The summed E-state index contributed by atoms with van der Waals surface area (Å²) in [6, 6.07) is 15.8. The van der Waals surface area contributed by atoms with E-state index in [4.69, 9.17) is 23.2 Å². The van der Waals surface area contributed by atoms with Crippen LogP contribution in [0.25, 0.3) is 0 Å². The maximum Gasteiger partial charge on any atom is 0.165 e. The average molecular weight is 361 g/mol. The van der Waals surface area contributed by atoms with Crippen molar-refractivity contribution in [3.05, 3.63) is 70.2 Å². The maximum atomic E-state index is 12.6. The van der Waals surface area contributed by atoms with Crippen LogP contribution in [0.2, 0.25) is 5.02 Å². The molecular weight excluding hydrogens is 339 g/mol. The first kappa shape index (κ1) is 17.5. The number of Topliss-reactive ketones (excluding diaryl/α,β-unsaturated/α-hetero) is 1. The maximum absolute atomic E-state index is 12.6. The van der Waals surface area contributed by atoms with Crippen LogP contribution in [0.1, 0.15) is 47.2 Å². The van der Waals surface area contributed by atoms with Crippen LogP contribution in [-0.2, 0) is 12.3 Å². The van der Waals surface area contributed by atoms with Crippen molar-refractivity contribution in [2.45, 2.75) is 38.0 Å². The number of halogens is 2. The second-order valence-electron chi connectivity index (χ2n) is 6.75. The summed E-state index contributed by atoms with van der Waals surface area (Å²) in [5, 5.41) is 0.675. The van der Waals surface area contributed by atoms with E-state index in [9.17, 15) is 4.79 Å². The Morgan fingerprint density at radius 2 is 1.62 bits per heavy atom. The summed E-state index contributed by atoms with van der Waals surface area (Å²) in [4.78, 5) is 12.6. The fourth-order valence-electron chi connectivity index (χ4n) is 3.65. The number of hydrogen-bond donors (Lipinski definition) is 0. The molecule has 1 nitrogen and oxygen atoms in total. The van der Waals surface area contributed by atoms with Crippen molar-refractivity contribution in [1.29, 1.82) is 0 Å². The molecule has 0 bridgehead atoms. The van der Waals surface area contributed by atoms with Gasteiger partial charge in [0.1, 0.15) is 0 Å². The highest BCUT2D eigenvalue weighted by molar-refractivity contribution is 6.30. The number of rotatable bonds is 5. The number of hydrogen-bond acceptors (Lipinski definition) is 1. The van der Waals surface area contributed by atoms with Crippen LogP contribution in [0.15, 0.2) is 48.5 Å². The van der Waals surface area contributed by atoms with Gasteiger partial charge < -0.3 is 0 Å². The van der Waals surface area contributed by atoms with E-state index in [1.165, 1.54) is 11.1 Å². The highest BCUT2D eigenvalue weighted by Gasteiger charge is 2.27. The van der Waals surface area contributed by atoms with Gasteiger partial charge in [-0.15, -0.1) is 11.6 Å². The largest absolute Gasteiger partial charge is 0.294 e. The van der Waals surface area contributed by atoms with E-state index >= 15 is 0 Å². The molecule has 0 atom stereocenters. The Morgan fingerprint density at radius 1 is 0.958 bits per heavy atom. The van der Waals surface area contributed by atoms with Gasteiger partial charge in [-0.05, 0) is 73.4 Å². The molecule has 3 rings (SSSR count). The van der Waals surface area contributed by atoms with Gasteiger partial charge in [0.25, 0.3) is 0 Å². The quantitative estimate of drug-likeness (QED) is 0.450. The van der Waals surface area contributed by atoms with E-state index < -0.39 is 0 Å². The molecule has 0 unspecified atom stereocenters. The first-order valence-electron chi connectivity index (χ1n) is 8.59. The zero-order valence-corrected chi connectivity index (χ0v) is 15.2. The minimum absolute atomic E-state index is 0.164. The fourth-order valence-corrected chi connectivity index (χ4v) is 3.94.